The normalized spacial score (nSPS) is 10.2. The van der Waals surface area contributed by atoms with E-state index in [9.17, 15) is 4.79 Å². The fraction of sp³-hybridized carbons (Fsp3) is 0.250. The molecule has 0 atom stereocenters. The molecule has 0 aliphatic rings. The highest BCUT2D eigenvalue weighted by Crippen LogP contribution is 2.21. The van der Waals surface area contributed by atoms with Crippen LogP contribution in [-0.4, -0.2) is 22.4 Å². The molecule has 2 heterocycles. The van der Waals surface area contributed by atoms with Crippen LogP contribution < -0.4 is 10.6 Å². The number of halogens is 1. The molecular formula is C12H13ClN4OS. The molecule has 0 aliphatic heterocycles. The second-order valence-electron chi connectivity index (χ2n) is 3.71. The average Bonchev–Trinajstić information content (AvgIpc) is 2.83. The van der Waals surface area contributed by atoms with E-state index in [1.165, 1.54) is 17.5 Å². The monoisotopic (exact) mass is 296 g/mol. The number of aromatic nitrogens is 2. The van der Waals surface area contributed by atoms with Crippen LogP contribution in [0.3, 0.4) is 0 Å². The van der Waals surface area contributed by atoms with Crippen LogP contribution in [0.1, 0.15) is 22.3 Å². The van der Waals surface area contributed by atoms with Crippen molar-refractivity contribution < 1.29 is 4.79 Å². The maximum absolute atomic E-state index is 11.8. The molecule has 0 fully saturated rings. The van der Waals surface area contributed by atoms with Crippen LogP contribution in [0.25, 0.3) is 0 Å². The van der Waals surface area contributed by atoms with E-state index in [-0.39, 0.29) is 5.91 Å². The minimum absolute atomic E-state index is 0.250. The zero-order chi connectivity index (χ0) is 13.7. The average molecular weight is 297 g/mol. The molecule has 100 valence electrons. The van der Waals surface area contributed by atoms with Gasteiger partial charge in [0.15, 0.2) is 0 Å². The lowest BCUT2D eigenvalue weighted by atomic mass is 10.4. The predicted octanol–water partition coefficient (Wildman–Crippen LogP) is 2.55. The summed E-state index contributed by atoms with van der Waals surface area (Å²) in [7, 11) is 0. The van der Waals surface area contributed by atoms with Gasteiger partial charge in [0.2, 0.25) is 0 Å². The van der Waals surface area contributed by atoms with Crippen LogP contribution in [0.15, 0.2) is 24.5 Å². The number of nitrogens with one attached hydrogen (secondary N) is 2. The maximum Gasteiger partial charge on any atom is 0.271 e. The molecule has 0 saturated heterocycles. The van der Waals surface area contributed by atoms with E-state index < -0.39 is 0 Å². The van der Waals surface area contributed by atoms with Crippen molar-refractivity contribution in [1.29, 1.82) is 0 Å². The molecule has 0 spiro atoms. The van der Waals surface area contributed by atoms with Crippen LogP contribution in [0.2, 0.25) is 4.34 Å². The van der Waals surface area contributed by atoms with E-state index >= 15 is 0 Å². The van der Waals surface area contributed by atoms with Gasteiger partial charge in [-0.05, 0) is 19.1 Å². The van der Waals surface area contributed by atoms with Gasteiger partial charge < -0.3 is 10.6 Å². The molecule has 2 N–H and O–H groups in total. The Morgan fingerprint density at radius 1 is 1.37 bits per heavy atom. The van der Waals surface area contributed by atoms with Crippen LogP contribution in [0.5, 0.6) is 0 Å². The molecule has 2 rings (SSSR count). The number of thiophene rings is 1. The first-order chi connectivity index (χ1) is 9.19. The standard InChI is InChI=1S/C12H13ClN4OS/c1-2-14-11-7-15-9(6-16-11)12(18)17-5-8-3-4-10(13)19-8/h3-4,6-7H,2,5H2,1H3,(H,14,16)(H,17,18). The molecule has 0 saturated carbocycles. The van der Waals surface area contributed by atoms with Crippen molar-refractivity contribution in [3.8, 4) is 0 Å². The second kappa shape index (κ2) is 6.49. The van der Waals surface area contributed by atoms with Gasteiger partial charge >= 0.3 is 0 Å². The van der Waals surface area contributed by atoms with Crippen LogP contribution in [0.4, 0.5) is 5.82 Å². The van der Waals surface area contributed by atoms with Crippen molar-refractivity contribution in [2.45, 2.75) is 13.5 Å². The summed E-state index contributed by atoms with van der Waals surface area (Å²) < 4.78 is 0.707. The molecule has 1 amide bonds. The smallest absolute Gasteiger partial charge is 0.271 e. The second-order valence-corrected chi connectivity index (χ2v) is 5.51. The topological polar surface area (TPSA) is 66.9 Å². The lowest BCUT2D eigenvalue weighted by molar-refractivity contribution is 0.0946. The first kappa shape index (κ1) is 13.8. The summed E-state index contributed by atoms with van der Waals surface area (Å²) in [6.45, 7) is 3.17. The summed E-state index contributed by atoms with van der Waals surface area (Å²) in [5, 5.41) is 5.79. The molecule has 0 aliphatic carbocycles. The molecule has 2 aromatic heterocycles. The third kappa shape index (κ3) is 3.90. The number of carbonyl (C=O) groups is 1. The summed E-state index contributed by atoms with van der Waals surface area (Å²) in [4.78, 5) is 21.0. The van der Waals surface area contributed by atoms with E-state index in [2.05, 4.69) is 20.6 Å². The fourth-order valence-corrected chi connectivity index (χ4v) is 2.45. The maximum atomic E-state index is 11.8. The van der Waals surface area contributed by atoms with E-state index in [4.69, 9.17) is 11.6 Å². The molecule has 19 heavy (non-hydrogen) atoms. The molecule has 2 aromatic rings. The summed E-state index contributed by atoms with van der Waals surface area (Å²) in [6.07, 6.45) is 3.00. The highest BCUT2D eigenvalue weighted by Gasteiger charge is 2.08. The molecule has 5 nitrogen and oxygen atoms in total. The number of nitrogens with zero attached hydrogens (tertiary/aromatic N) is 2. The van der Waals surface area contributed by atoms with Crippen molar-refractivity contribution >= 4 is 34.7 Å². The Hall–Kier alpha value is -1.66. The van der Waals surface area contributed by atoms with Gasteiger partial charge in [0.1, 0.15) is 11.5 Å². The number of rotatable bonds is 5. The minimum Gasteiger partial charge on any atom is -0.369 e. The van der Waals surface area contributed by atoms with Gasteiger partial charge in [-0.25, -0.2) is 9.97 Å². The Labute approximate surface area is 120 Å². The van der Waals surface area contributed by atoms with Gasteiger partial charge in [-0.2, -0.15) is 0 Å². The Morgan fingerprint density at radius 2 is 2.21 bits per heavy atom. The number of amides is 1. The minimum atomic E-state index is -0.250. The van der Waals surface area contributed by atoms with E-state index in [0.29, 0.717) is 22.4 Å². The number of hydrogen-bond acceptors (Lipinski definition) is 5. The van der Waals surface area contributed by atoms with E-state index in [1.54, 1.807) is 12.3 Å². The van der Waals surface area contributed by atoms with Gasteiger partial charge in [-0.3, -0.25) is 4.79 Å². The summed E-state index contributed by atoms with van der Waals surface area (Å²) in [5.41, 5.74) is 0.296. The van der Waals surface area contributed by atoms with Crippen LogP contribution in [0, 0.1) is 0 Å². The zero-order valence-electron chi connectivity index (χ0n) is 10.3. The van der Waals surface area contributed by atoms with E-state index in [0.717, 1.165) is 11.4 Å². The Bertz CT molecular complexity index is 555. The van der Waals surface area contributed by atoms with Crippen molar-refractivity contribution in [2.24, 2.45) is 0 Å². The molecule has 0 radical (unpaired) electrons. The van der Waals surface area contributed by atoms with Crippen LogP contribution in [-0.2, 0) is 6.54 Å². The SMILES string of the molecule is CCNc1cnc(C(=O)NCc2ccc(Cl)s2)cn1. The largest absolute Gasteiger partial charge is 0.369 e. The van der Waals surface area contributed by atoms with E-state index in [1.807, 2.05) is 13.0 Å². The highest BCUT2D eigenvalue weighted by atomic mass is 35.5. The number of carbonyl (C=O) groups excluding carboxylic acids is 1. The Balaban J connectivity index is 1.92. The predicted molar refractivity (Wildman–Crippen MR) is 76.7 cm³/mol. The van der Waals surface area contributed by atoms with Gasteiger partial charge in [0.25, 0.3) is 5.91 Å². The fourth-order valence-electron chi connectivity index (χ4n) is 1.42. The molecule has 0 bridgehead atoms. The Kier molecular flexibility index (Phi) is 4.70. The lowest BCUT2D eigenvalue weighted by Crippen LogP contribution is -2.23. The first-order valence-electron chi connectivity index (χ1n) is 5.77. The van der Waals surface area contributed by atoms with Crippen molar-refractivity contribution in [1.82, 2.24) is 15.3 Å². The zero-order valence-corrected chi connectivity index (χ0v) is 11.9. The first-order valence-corrected chi connectivity index (χ1v) is 6.97. The van der Waals surface area contributed by atoms with Crippen molar-refractivity contribution in [3.63, 3.8) is 0 Å². The molecular weight excluding hydrogens is 284 g/mol. The van der Waals surface area contributed by atoms with Gasteiger partial charge in [-0.1, -0.05) is 11.6 Å². The number of hydrogen-bond donors (Lipinski definition) is 2. The summed E-state index contributed by atoms with van der Waals surface area (Å²) in [5.74, 6) is 0.407. The van der Waals surface area contributed by atoms with Crippen molar-refractivity contribution in [2.75, 3.05) is 11.9 Å². The quantitative estimate of drug-likeness (QED) is 0.890. The summed E-state index contributed by atoms with van der Waals surface area (Å²) in [6, 6.07) is 3.69. The third-order valence-corrected chi connectivity index (χ3v) is 3.53. The molecule has 7 heteroatoms. The lowest BCUT2D eigenvalue weighted by Gasteiger charge is -2.04. The molecule has 0 unspecified atom stereocenters. The van der Waals surface area contributed by atoms with Crippen molar-refractivity contribution in [3.05, 3.63) is 39.4 Å². The highest BCUT2D eigenvalue weighted by molar-refractivity contribution is 7.16. The van der Waals surface area contributed by atoms with Gasteiger partial charge in [-0.15, -0.1) is 11.3 Å². The van der Waals surface area contributed by atoms with Gasteiger partial charge in [0.05, 0.1) is 23.3 Å². The number of anilines is 1. The third-order valence-electron chi connectivity index (χ3n) is 2.29. The van der Waals surface area contributed by atoms with Crippen LogP contribution >= 0.6 is 22.9 Å². The summed E-state index contributed by atoms with van der Waals surface area (Å²) >= 11 is 7.25. The Morgan fingerprint density at radius 3 is 2.79 bits per heavy atom. The molecule has 0 aromatic carbocycles. The van der Waals surface area contributed by atoms with Gasteiger partial charge in [0, 0.05) is 11.4 Å².